The number of benzene rings is 1. The van der Waals surface area contributed by atoms with Gasteiger partial charge < -0.3 is 10.1 Å². The summed E-state index contributed by atoms with van der Waals surface area (Å²) in [6, 6.07) is 6.95. The number of non-ortho nitro benzene ring substituents is 1. The van der Waals surface area contributed by atoms with Crippen molar-refractivity contribution >= 4 is 22.7 Å². The number of nitro benzene ring substituents is 1. The molecule has 1 aromatic heterocycles. The van der Waals surface area contributed by atoms with Crippen LogP contribution in [-0.2, 0) is 6.42 Å². The molecule has 2 rings (SSSR count). The number of nitrogens with one attached hydrogen (secondary N) is 1. The van der Waals surface area contributed by atoms with Gasteiger partial charge in [0.2, 0.25) is 0 Å². The second kappa shape index (κ2) is 6.38. The van der Waals surface area contributed by atoms with Gasteiger partial charge in [0.15, 0.2) is 0 Å². The first-order valence-corrected chi connectivity index (χ1v) is 7.14. The van der Waals surface area contributed by atoms with Crippen molar-refractivity contribution in [2.45, 2.75) is 19.4 Å². The zero-order valence-electron chi connectivity index (χ0n) is 11.3. The van der Waals surface area contributed by atoms with E-state index in [1.54, 1.807) is 17.4 Å². The van der Waals surface area contributed by atoms with Crippen LogP contribution in [0.3, 0.4) is 0 Å². The van der Waals surface area contributed by atoms with Crippen molar-refractivity contribution in [2.24, 2.45) is 0 Å². The second-order valence-corrected chi connectivity index (χ2v) is 5.34. The third-order valence-corrected chi connectivity index (χ3v) is 3.60. The molecule has 20 heavy (non-hydrogen) atoms. The predicted molar refractivity (Wildman–Crippen MR) is 80.8 cm³/mol. The Morgan fingerprint density at radius 3 is 2.85 bits per heavy atom. The molecular formula is C14H16N2O3S. The van der Waals surface area contributed by atoms with Crippen molar-refractivity contribution in [3.8, 4) is 5.75 Å². The number of nitro groups is 1. The maximum Gasteiger partial charge on any atom is 0.275 e. The standard InChI is InChI=1S/C14H16N2O3S/c1-10(5-11-3-4-20-9-11)15-12-6-13(16(17)18)8-14(7-12)19-2/h3-4,6-10,15H,5H2,1-2H3. The molecule has 0 amide bonds. The van der Waals surface area contributed by atoms with Crippen LogP contribution in [0.25, 0.3) is 0 Å². The van der Waals surface area contributed by atoms with Crippen LogP contribution in [0.15, 0.2) is 35.0 Å². The van der Waals surface area contributed by atoms with E-state index in [1.807, 2.05) is 12.3 Å². The topological polar surface area (TPSA) is 64.4 Å². The van der Waals surface area contributed by atoms with Gasteiger partial charge >= 0.3 is 0 Å². The van der Waals surface area contributed by atoms with Gasteiger partial charge in [0, 0.05) is 23.9 Å². The Hall–Kier alpha value is -2.08. The van der Waals surface area contributed by atoms with E-state index in [1.165, 1.54) is 24.8 Å². The van der Waals surface area contributed by atoms with Crippen molar-refractivity contribution in [3.05, 3.63) is 50.7 Å². The summed E-state index contributed by atoms with van der Waals surface area (Å²) in [5.74, 6) is 0.476. The minimum atomic E-state index is -0.419. The highest BCUT2D eigenvalue weighted by Gasteiger charge is 2.12. The summed E-state index contributed by atoms with van der Waals surface area (Å²) in [5.41, 5.74) is 1.97. The Kier molecular flexibility index (Phi) is 4.57. The molecule has 5 nitrogen and oxygen atoms in total. The summed E-state index contributed by atoms with van der Waals surface area (Å²) < 4.78 is 5.09. The highest BCUT2D eigenvalue weighted by atomic mass is 32.1. The van der Waals surface area contributed by atoms with Crippen LogP contribution in [0.4, 0.5) is 11.4 Å². The summed E-state index contributed by atoms with van der Waals surface area (Å²) in [6.45, 7) is 2.04. The van der Waals surface area contributed by atoms with Crippen LogP contribution in [0.2, 0.25) is 0 Å². The number of thiophene rings is 1. The van der Waals surface area contributed by atoms with E-state index in [0.717, 1.165) is 6.42 Å². The largest absolute Gasteiger partial charge is 0.496 e. The fourth-order valence-electron chi connectivity index (χ4n) is 1.99. The first-order valence-electron chi connectivity index (χ1n) is 6.19. The summed E-state index contributed by atoms with van der Waals surface area (Å²) in [6.07, 6.45) is 0.870. The number of ether oxygens (including phenoxy) is 1. The van der Waals surface area contributed by atoms with Crippen molar-refractivity contribution in [1.82, 2.24) is 0 Å². The number of rotatable bonds is 6. The predicted octanol–water partition coefficient (Wildman–Crippen LogP) is 3.71. The van der Waals surface area contributed by atoms with Crippen molar-refractivity contribution in [2.75, 3.05) is 12.4 Å². The molecule has 1 aromatic carbocycles. The fraction of sp³-hybridized carbons (Fsp3) is 0.286. The zero-order valence-corrected chi connectivity index (χ0v) is 12.1. The molecule has 2 aromatic rings. The maximum atomic E-state index is 10.9. The van der Waals surface area contributed by atoms with Crippen LogP contribution < -0.4 is 10.1 Å². The molecule has 0 saturated heterocycles. The average Bonchev–Trinajstić information content (AvgIpc) is 2.90. The molecule has 1 unspecified atom stereocenters. The van der Waals surface area contributed by atoms with E-state index in [2.05, 4.69) is 16.8 Å². The first kappa shape index (κ1) is 14.3. The van der Waals surface area contributed by atoms with Gasteiger partial charge in [0.1, 0.15) is 5.75 Å². The molecule has 0 aliphatic carbocycles. The van der Waals surface area contributed by atoms with Gasteiger partial charge in [-0.2, -0.15) is 11.3 Å². The van der Waals surface area contributed by atoms with Crippen LogP contribution in [0, 0.1) is 10.1 Å². The third-order valence-electron chi connectivity index (χ3n) is 2.87. The highest BCUT2D eigenvalue weighted by Crippen LogP contribution is 2.26. The molecule has 0 aliphatic rings. The van der Waals surface area contributed by atoms with E-state index < -0.39 is 4.92 Å². The molecule has 0 saturated carbocycles. The number of anilines is 1. The molecule has 1 N–H and O–H groups in total. The van der Waals surface area contributed by atoms with Crippen LogP contribution in [0.1, 0.15) is 12.5 Å². The minimum absolute atomic E-state index is 0.0228. The van der Waals surface area contributed by atoms with Crippen LogP contribution in [0.5, 0.6) is 5.75 Å². The fourth-order valence-corrected chi connectivity index (χ4v) is 2.67. The molecule has 1 heterocycles. The Bertz CT molecular complexity index is 584. The normalized spacial score (nSPS) is 11.9. The molecule has 0 aliphatic heterocycles. The zero-order chi connectivity index (χ0) is 14.5. The Morgan fingerprint density at radius 1 is 1.45 bits per heavy atom. The Balaban J connectivity index is 2.11. The highest BCUT2D eigenvalue weighted by molar-refractivity contribution is 7.07. The quantitative estimate of drug-likeness (QED) is 0.651. The lowest BCUT2D eigenvalue weighted by Crippen LogP contribution is -2.17. The van der Waals surface area contributed by atoms with Crippen molar-refractivity contribution < 1.29 is 9.66 Å². The lowest BCUT2D eigenvalue weighted by molar-refractivity contribution is -0.384. The molecular weight excluding hydrogens is 276 g/mol. The smallest absolute Gasteiger partial charge is 0.275 e. The summed E-state index contributed by atoms with van der Waals surface area (Å²) >= 11 is 1.66. The third kappa shape index (κ3) is 3.71. The number of methoxy groups -OCH3 is 1. The van der Waals surface area contributed by atoms with Crippen molar-refractivity contribution in [3.63, 3.8) is 0 Å². The SMILES string of the molecule is COc1cc(NC(C)Cc2ccsc2)cc([N+](=O)[O-])c1. The first-order chi connectivity index (χ1) is 9.58. The lowest BCUT2D eigenvalue weighted by Gasteiger charge is -2.15. The van der Waals surface area contributed by atoms with Gasteiger partial charge in [0.25, 0.3) is 5.69 Å². The number of hydrogen-bond acceptors (Lipinski definition) is 5. The monoisotopic (exact) mass is 292 g/mol. The molecule has 6 heteroatoms. The lowest BCUT2D eigenvalue weighted by atomic mass is 10.1. The van der Waals surface area contributed by atoms with E-state index in [9.17, 15) is 10.1 Å². The van der Waals surface area contributed by atoms with E-state index in [4.69, 9.17) is 4.74 Å². The summed E-state index contributed by atoms with van der Waals surface area (Å²) in [5, 5.41) is 18.3. The van der Waals surface area contributed by atoms with E-state index in [-0.39, 0.29) is 11.7 Å². The van der Waals surface area contributed by atoms with E-state index in [0.29, 0.717) is 11.4 Å². The second-order valence-electron chi connectivity index (χ2n) is 4.56. The number of nitrogens with zero attached hydrogens (tertiary/aromatic N) is 1. The molecule has 0 bridgehead atoms. The minimum Gasteiger partial charge on any atom is -0.496 e. The summed E-state index contributed by atoms with van der Waals surface area (Å²) in [4.78, 5) is 10.5. The number of hydrogen-bond donors (Lipinski definition) is 1. The van der Waals surface area contributed by atoms with Gasteiger partial charge in [0.05, 0.1) is 18.1 Å². The maximum absolute atomic E-state index is 10.9. The van der Waals surface area contributed by atoms with Crippen molar-refractivity contribution in [1.29, 1.82) is 0 Å². The molecule has 1 atom stereocenters. The average molecular weight is 292 g/mol. The van der Waals surface area contributed by atoms with Gasteiger partial charge in [-0.15, -0.1) is 0 Å². The Labute approximate surface area is 121 Å². The molecule has 0 radical (unpaired) electrons. The van der Waals surface area contributed by atoms with E-state index >= 15 is 0 Å². The van der Waals surface area contributed by atoms with Gasteiger partial charge in [-0.25, -0.2) is 0 Å². The van der Waals surface area contributed by atoms with Gasteiger partial charge in [-0.05, 0) is 35.7 Å². The van der Waals surface area contributed by atoms with Crippen LogP contribution >= 0.6 is 11.3 Å². The Morgan fingerprint density at radius 2 is 2.25 bits per heavy atom. The summed E-state index contributed by atoms with van der Waals surface area (Å²) in [7, 11) is 1.50. The van der Waals surface area contributed by atoms with Gasteiger partial charge in [-0.1, -0.05) is 0 Å². The molecule has 106 valence electrons. The molecule has 0 fully saturated rings. The molecule has 0 spiro atoms. The van der Waals surface area contributed by atoms with Crippen LogP contribution in [-0.4, -0.2) is 18.1 Å². The van der Waals surface area contributed by atoms with Gasteiger partial charge in [-0.3, -0.25) is 10.1 Å².